The molecule has 26 heavy (non-hydrogen) atoms. The van der Waals surface area contributed by atoms with Crippen LogP contribution in [0.5, 0.6) is 0 Å². The molecule has 0 saturated carbocycles. The van der Waals surface area contributed by atoms with Gasteiger partial charge < -0.3 is 0 Å². The van der Waals surface area contributed by atoms with E-state index in [1.165, 1.54) is 12.1 Å². The van der Waals surface area contributed by atoms with E-state index in [1.54, 1.807) is 0 Å². The van der Waals surface area contributed by atoms with E-state index < -0.39 is 45.7 Å². The average molecular weight is 388 g/mol. The molecule has 0 aliphatic heterocycles. The number of hydrogen-bond donors (Lipinski definition) is 0. The van der Waals surface area contributed by atoms with Crippen LogP contribution in [0.25, 0.3) is 21.5 Å². The predicted molar refractivity (Wildman–Crippen MR) is 81.8 cm³/mol. The minimum Gasteiger partial charge on any atom is -0.255 e. The van der Waals surface area contributed by atoms with E-state index >= 15 is 0 Å². The Hall–Kier alpha value is -2.45. The monoisotopic (exact) mass is 388 g/mol. The summed E-state index contributed by atoms with van der Waals surface area (Å²) in [4.78, 5) is 0. The molecule has 0 atom stereocenters. The first kappa shape index (κ1) is 23.5. The zero-order valence-corrected chi connectivity index (χ0v) is 13.7. The predicted octanol–water partition coefficient (Wildman–Crippen LogP) is 7.28. The molecule has 3 aromatic carbocycles. The summed E-state index contributed by atoms with van der Waals surface area (Å²) in [6.07, 6.45) is 0. The highest BCUT2D eigenvalue weighted by Gasteiger charge is 2.27. The molecule has 0 amide bonds. The Balaban J connectivity index is 0.000000948. The SMILES string of the molecule is CC.CF.FF.Fc1c(F)c(F)c2c(F)c3ccccc3c(F)c2c1F. The van der Waals surface area contributed by atoms with Crippen LogP contribution in [0.1, 0.15) is 13.8 Å². The van der Waals surface area contributed by atoms with Crippen molar-refractivity contribution in [2.75, 3.05) is 7.18 Å². The van der Waals surface area contributed by atoms with Crippen LogP contribution in [-0.2, 0) is 0 Å². The van der Waals surface area contributed by atoms with Crippen LogP contribution in [0.2, 0.25) is 0 Å². The highest BCUT2D eigenvalue weighted by molar-refractivity contribution is 6.00. The number of hydrogen-bond acceptors (Lipinski definition) is 0. The van der Waals surface area contributed by atoms with Gasteiger partial charge in [0.05, 0.1) is 17.9 Å². The first-order chi connectivity index (χ1) is 12.4. The normalized spacial score (nSPS) is 9.54. The lowest BCUT2D eigenvalue weighted by molar-refractivity contribution is 0.108. The lowest BCUT2D eigenvalue weighted by atomic mass is 10.0. The van der Waals surface area contributed by atoms with Crippen LogP contribution < -0.4 is 0 Å². The maximum Gasteiger partial charge on any atom is 0.198 e. The van der Waals surface area contributed by atoms with Crippen molar-refractivity contribution in [1.82, 2.24) is 0 Å². The highest BCUT2D eigenvalue weighted by Crippen LogP contribution is 2.35. The average Bonchev–Trinajstić information content (AvgIpc) is 2.72. The van der Waals surface area contributed by atoms with Crippen LogP contribution in [0.3, 0.4) is 0 Å². The first-order valence-corrected chi connectivity index (χ1v) is 6.98. The summed E-state index contributed by atoms with van der Waals surface area (Å²) in [7, 11) is 0.500. The van der Waals surface area contributed by atoms with Crippen LogP contribution in [0, 0.1) is 34.9 Å². The molecule has 3 rings (SSSR count). The molecule has 0 aliphatic carbocycles. The zero-order chi connectivity index (χ0) is 20.6. The molecule has 0 spiro atoms. The number of alkyl halides is 1. The molecule has 0 nitrogen and oxygen atoms in total. The Labute approximate surface area is 142 Å². The maximum atomic E-state index is 14.1. The molecular weight excluding hydrogens is 375 g/mol. The minimum atomic E-state index is -2.18. The summed E-state index contributed by atoms with van der Waals surface area (Å²) in [6, 6.07) is 4.97. The van der Waals surface area contributed by atoms with Crippen LogP contribution in [0.4, 0.5) is 39.9 Å². The second-order valence-corrected chi connectivity index (χ2v) is 4.18. The third-order valence-corrected chi connectivity index (χ3v) is 3.11. The van der Waals surface area contributed by atoms with Gasteiger partial charge in [0.1, 0.15) is 11.6 Å². The van der Waals surface area contributed by atoms with Crippen molar-refractivity contribution in [2.45, 2.75) is 13.8 Å². The summed E-state index contributed by atoms with van der Waals surface area (Å²) >= 11 is 0. The second-order valence-electron chi connectivity index (χ2n) is 4.18. The van der Waals surface area contributed by atoms with E-state index in [1.807, 2.05) is 13.8 Å². The van der Waals surface area contributed by atoms with E-state index in [0.717, 1.165) is 12.1 Å². The van der Waals surface area contributed by atoms with Crippen molar-refractivity contribution in [3.8, 4) is 0 Å². The van der Waals surface area contributed by atoms with Gasteiger partial charge in [0.15, 0.2) is 23.3 Å². The van der Waals surface area contributed by atoms with Crippen LogP contribution >= 0.6 is 0 Å². The zero-order valence-electron chi connectivity index (χ0n) is 13.7. The number of benzene rings is 3. The van der Waals surface area contributed by atoms with Crippen molar-refractivity contribution >= 4 is 21.5 Å². The highest BCUT2D eigenvalue weighted by atomic mass is 20.0. The second kappa shape index (κ2) is 10.5. The summed E-state index contributed by atoms with van der Waals surface area (Å²) in [6.45, 7) is 4.00. The molecular formula is C17H13F9. The Morgan fingerprint density at radius 2 is 0.769 bits per heavy atom. The Bertz CT molecular complexity index is 804. The quantitative estimate of drug-likeness (QED) is 0.164. The van der Waals surface area contributed by atoms with Gasteiger partial charge in [-0.05, 0) is 0 Å². The van der Waals surface area contributed by atoms with Gasteiger partial charge in [0.2, 0.25) is 0 Å². The molecule has 0 radical (unpaired) electrons. The van der Waals surface area contributed by atoms with Gasteiger partial charge in [0, 0.05) is 19.9 Å². The molecule has 144 valence electrons. The molecule has 0 heterocycles. The van der Waals surface area contributed by atoms with E-state index in [2.05, 4.69) is 0 Å². The van der Waals surface area contributed by atoms with Crippen LogP contribution in [0.15, 0.2) is 24.3 Å². The molecule has 0 saturated heterocycles. The van der Waals surface area contributed by atoms with E-state index in [0.29, 0.717) is 7.18 Å². The Kier molecular flexibility index (Phi) is 9.53. The fraction of sp³-hybridized carbons (Fsp3) is 0.176. The lowest BCUT2D eigenvalue weighted by Crippen LogP contribution is -2.02. The first-order valence-electron chi connectivity index (χ1n) is 6.98. The molecule has 0 aromatic heterocycles. The molecule has 0 aliphatic rings. The number of halogens is 9. The van der Waals surface area contributed by atoms with Gasteiger partial charge in [-0.1, -0.05) is 38.1 Å². The van der Waals surface area contributed by atoms with Gasteiger partial charge in [0.25, 0.3) is 0 Å². The fourth-order valence-corrected chi connectivity index (χ4v) is 2.18. The van der Waals surface area contributed by atoms with Crippen molar-refractivity contribution < 1.29 is 39.9 Å². The Morgan fingerprint density at radius 3 is 1.04 bits per heavy atom. The van der Waals surface area contributed by atoms with Crippen molar-refractivity contribution in [2.24, 2.45) is 0 Å². The third-order valence-electron chi connectivity index (χ3n) is 3.11. The smallest absolute Gasteiger partial charge is 0.198 e. The molecule has 9 heteroatoms. The minimum absolute atomic E-state index is 0.346. The number of rotatable bonds is 0. The molecule has 3 aromatic rings. The Morgan fingerprint density at radius 1 is 0.500 bits per heavy atom. The van der Waals surface area contributed by atoms with Crippen molar-refractivity contribution in [1.29, 1.82) is 0 Å². The molecule has 0 N–H and O–H groups in total. The van der Waals surface area contributed by atoms with Crippen molar-refractivity contribution in [3.05, 3.63) is 59.2 Å². The van der Waals surface area contributed by atoms with Gasteiger partial charge in [-0.15, -0.1) is 0 Å². The summed E-state index contributed by atoms with van der Waals surface area (Å²) < 4.78 is 107. The lowest BCUT2D eigenvalue weighted by Gasteiger charge is -2.10. The number of fused-ring (bicyclic) bond motifs is 2. The summed E-state index contributed by atoms with van der Waals surface area (Å²) in [5, 5.41) is -3.17. The van der Waals surface area contributed by atoms with Crippen LogP contribution in [-0.4, -0.2) is 7.18 Å². The molecule has 0 unspecified atom stereocenters. The standard InChI is InChI=1S/C14H4F6.C2H6.CH3F.F2/c15-9-5-3-1-2-4-6(5)10(16)8-7(9)11(17)13(19)14(20)12(8)18;3*1-2/h1-4H;1-2H3;1H3;. The van der Waals surface area contributed by atoms with Gasteiger partial charge in [-0.3, -0.25) is 4.39 Å². The molecule has 0 bridgehead atoms. The van der Waals surface area contributed by atoms with E-state index in [-0.39, 0.29) is 10.8 Å². The summed E-state index contributed by atoms with van der Waals surface area (Å²) in [5.74, 6) is -11.0. The largest absolute Gasteiger partial charge is 0.255 e. The molecule has 0 fully saturated rings. The maximum absolute atomic E-state index is 14.1. The van der Waals surface area contributed by atoms with Gasteiger partial charge in [-0.2, -0.15) is 0 Å². The van der Waals surface area contributed by atoms with E-state index in [9.17, 15) is 30.7 Å². The van der Waals surface area contributed by atoms with E-state index in [4.69, 9.17) is 9.15 Å². The van der Waals surface area contributed by atoms with Gasteiger partial charge >= 0.3 is 0 Å². The van der Waals surface area contributed by atoms with Crippen molar-refractivity contribution in [3.63, 3.8) is 0 Å². The fourth-order valence-electron chi connectivity index (χ4n) is 2.18. The third kappa shape index (κ3) is 3.86. The summed E-state index contributed by atoms with van der Waals surface area (Å²) in [5.41, 5.74) is 0. The van der Waals surface area contributed by atoms with Gasteiger partial charge in [-0.25, -0.2) is 26.3 Å². The topological polar surface area (TPSA) is 0 Å².